The number of aryl methyl sites for hydroxylation is 1. The van der Waals surface area contributed by atoms with E-state index in [2.05, 4.69) is 20.6 Å². The van der Waals surface area contributed by atoms with Crippen molar-refractivity contribution >= 4 is 27.9 Å². The fraction of sp³-hybridized carbons (Fsp3) is 0.167. The van der Waals surface area contributed by atoms with Crippen molar-refractivity contribution in [3.05, 3.63) is 40.7 Å². The number of hydrogen-bond donors (Lipinski definition) is 1. The first kappa shape index (κ1) is 14.4. The van der Waals surface area contributed by atoms with Crippen LogP contribution >= 0.6 is 11.3 Å². The minimum absolute atomic E-state index is 0.0956. The van der Waals surface area contributed by atoms with E-state index in [1.54, 1.807) is 18.2 Å². The first-order chi connectivity index (χ1) is 10.3. The van der Waals surface area contributed by atoms with Gasteiger partial charge in [0, 0.05) is 5.69 Å². The Morgan fingerprint density at radius 3 is 2.77 bits per heavy atom. The number of rotatable bonds is 2. The Bertz CT molecular complexity index is 854. The minimum atomic E-state index is -4.68. The Morgan fingerprint density at radius 2 is 2.09 bits per heavy atom. The van der Waals surface area contributed by atoms with Crippen molar-refractivity contribution in [3.8, 4) is 0 Å². The largest absolute Gasteiger partial charge is 0.453 e. The van der Waals surface area contributed by atoms with Crippen LogP contribution in [-0.4, -0.2) is 25.7 Å². The predicted molar refractivity (Wildman–Crippen MR) is 72.8 cm³/mol. The van der Waals surface area contributed by atoms with Gasteiger partial charge in [0.05, 0.1) is 0 Å². The third kappa shape index (κ3) is 2.64. The highest BCUT2D eigenvalue weighted by atomic mass is 32.1. The van der Waals surface area contributed by atoms with Gasteiger partial charge in [-0.2, -0.15) is 17.7 Å². The molecule has 0 bridgehead atoms. The molecule has 3 aromatic rings. The number of carbonyl (C=O) groups excluding carboxylic acids is 1. The summed E-state index contributed by atoms with van der Waals surface area (Å²) in [6.07, 6.45) is -4.68. The van der Waals surface area contributed by atoms with Gasteiger partial charge in [0.2, 0.25) is 9.97 Å². The summed E-state index contributed by atoms with van der Waals surface area (Å²) >= 11 is 0.732. The standard InChI is InChI=1S/C12H8F3N5OS/c1-6-3-2-4-7(5-6)16-8(21)9-19-20-10(12(13,14)15)17-18-11(20)22-9/h2-5H,1H3,(H,16,21). The van der Waals surface area contributed by atoms with Gasteiger partial charge in [0.25, 0.3) is 11.7 Å². The van der Waals surface area contributed by atoms with Crippen LogP contribution in [0.1, 0.15) is 21.2 Å². The lowest BCUT2D eigenvalue weighted by atomic mass is 10.2. The van der Waals surface area contributed by atoms with Crippen LogP contribution in [0.25, 0.3) is 4.96 Å². The van der Waals surface area contributed by atoms with E-state index in [0.29, 0.717) is 10.2 Å². The molecular formula is C12H8F3N5OS. The fourth-order valence-electron chi connectivity index (χ4n) is 1.79. The maximum absolute atomic E-state index is 12.7. The van der Waals surface area contributed by atoms with Gasteiger partial charge in [-0.05, 0) is 24.6 Å². The molecule has 114 valence electrons. The number of halogens is 3. The zero-order valence-electron chi connectivity index (χ0n) is 11.0. The third-order valence-corrected chi connectivity index (χ3v) is 3.61. The van der Waals surface area contributed by atoms with E-state index >= 15 is 0 Å². The molecule has 0 atom stereocenters. The second-order valence-corrected chi connectivity index (χ2v) is 5.40. The molecule has 6 nitrogen and oxygen atoms in total. The lowest BCUT2D eigenvalue weighted by Gasteiger charge is -2.03. The predicted octanol–water partition coefficient (Wildman–Crippen LogP) is 2.77. The molecule has 0 fully saturated rings. The molecule has 0 saturated carbocycles. The highest BCUT2D eigenvalue weighted by Crippen LogP contribution is 2.29. The number of anilines is 1. The second kappa shape index (κ2) is 5.05. The summed E-state index contributed by atoms with van der Waals surface area (Å²) < 4.78 is 38.6. The molecule has 1 N–H and O–H groups in total. The quantitative estimate of drug-likeness (QED) is 0.785. The third-order valence-electron chi connectivity index (χ3n) is 2.71. The smallest absolute Gasteiger partial charge is 0.320 e. The van der Waals surface area contributed by atoms with Crippen LogP contribution in [0, 0.1) is 6.92 Å². The van der Waals surface area contributed by atoms with Gasteiger partial charge < -0.3 is 5.32 Å². The summed E-state index contributed by atoms with van der Waals surface area (Å²) in [5.41, 5.74) is 1.47. The van der Waals surface area contributed by atoms with Gasteiger partial charge in [0.1, 0.15) is 0 Å². The van der Waals surface area contributed by atoms with Crippen LogP contribution < -0.4 is 5.32 Å². The number of alkyl halides is 3. The topological polar surface area (TPSA) is 72.2 Å². The highest BCUT2D eigenvalue weighted by Gasteiger charge is 2.38. The number of hydrogen-bond acceptors (Lipinski definition) is 5. The Kier molecular flexibility index (Phi) is 3.32. The highest BCUT2D eigenvalue weighted by molar-refractivity contribution is 7.18. The number of carbonyl (C=O) groups is 1. The molecule has 2 heterocycles. The van der Waals surface area contributed by atoms with E-state index < -0.39 is 17.9 Å². The molecule has 0 aliphatic rings. The molecule has 22 heavy (non-hydrogen) atoms. The normalized spacial score (nSPS) is 11.8. The SMILES string of the molecule is Cc1cccc(NC(=O)c2nn3c(C(F)(F)F)nnc3s2)c1. The van der Waals surface area contributed by atoms with Gasteiger partial charge in [0.15, 0.2) is 0 Å². The zero-order chi connectivity index (χ0) is 15.9. The molecule has 1 amide bonds. The van der Waals surface area contributed by atoms with Gasteiger partial charge in [-0.25, -0.2) is 0 Å². The van der Waals surface area contributed by atoms with Crippen LogP contribution in [0.3, 0.4) is 0 Å². The molecule has 2 aromatic heterocycles. The Morgan fingerprint density at radius 1 is 1.32 bits per heavy atom. The molecule has 0 aliphatic heterocycles. The summed E-state index contributed by atoms with van der Waals surface area (Å²) in [5, 5.41) is 12.5. The van der Waals surface area contributed by atoms with Crippen molar-refractivity contribution in [2.24, 2.45) is 0 Å². The van der Waals surface area contributed by atoms with Crippen LogP contribution in [0.2, 0.25) is 0 Å². The monoisotopic (exact) mass is 327 g/mol. The minimum Gasteiger partial charge on any atom is -0.320 e. The van der Waals surface area contributed by atoms with Crippen LogP contribution in [-0.2, 0) is 6.18 Å². The summed E-state index contributed by atoms with van der Waals surface area (Å²) in [6, 6.07) is 7.02. The van der Waals surface area contributed by atoms with Crippen molar-refractivity contribution in [2.45, 2.75) is 13.1 Å². The molecule has 1 aromatic carbocycles. The molecule has 0 radical (unpaired) electrons. The lowest BCUT2D eigenvalue weighted by molar-refractivity contribution is -0.146. The molecule has 0 saturated heterocycles. The number of amides is 1. The molecule has 0 unspecified atom stereocenters. The Hall–Kier alpha value is -2.49. The molecule has 10 heteroatoms. The van der Waals surface area contributed by atoms with Crippen molar-refractivity contribution in [1.82, 2.24) is 19.8 Å². The number of benzene rings is 1. The lowest BCUT2D eigenvalue weighted by Crippen LogP contribution is -2.14. The summed E-state index contributed by atoms with van der Waals surface area (Å²) in [6.45, 7) is 1.86. The Balaban J connectivity index is 1.90. The summed E-state index contributed by atoms with van der Waals surface area (Å²) in [7, 11) is 0. The van der Waals surface area contributed by atoms with Gasteiger partial charge in [-0.15, -0.1) is 15.3 Å². The first-order valence-electron chi connectivity index (χ1n) is 6.02. The van der Waals surface area contributed by atoms with E-state index in [9.17, 15) is 18.0 Å². The fourth-order valence-corrected chi connectivity index (χ4v) is 2.53. The number of nitrogens with zero attached hydrogens (tertiary/aromatic N) is 4. The van der Waals surface area contributed by atoms with E-state index in [1.807, 2.05) is 13.0 Å². The van der Waals surface area contributed by atoms with E-state index in [1.165, 1.54) is 0 Å². The van der Waals surface area contributed by atoms with Crippen molar-refractivity contribution in [2.75, 3.05) is 5.32 Å². The average molecular weight is 327 g/mol. The van der Waals surface area contributed by atoms with Crippen molar-refractivity contribution in [3.63, 3.8) is 0 Å². The van der Waals surface area contributed by atoms with Crippen LogP contribution in [0.4, 0.5) is 18.9 Å². The van der Waals surface area contributed by atoms with E-state index in [0.717, 1.165) is 16.9 Å². The molecular weight excluding hydrogens is 319 g/mol. The van der Waals surface area contributed by atoms with E-state index in [4.69, 9.17) is 0 Å². The first-order valence-corrected chi connectivity index (χ1v) is 6.84. The molecule has 0 spiro atoms. The van der Waals surface area contributed by atoms with Crippen LogP contribution in [0.5, 0.6) is 0 Å². The number of aromatic nitrogens is 4. The van der Waals surface area contributed by atoms with Crippen molar-refractivity contribution in [1.29, 1.82) is 0 Å². The average Bonchev–Trinajstić information content (AvgIpc) is 2.96. The Labute approximate surface area is 125 Å². The van der Waals surface area contributed by atoms with Gasteiger partial charge in [-0.3, -0.25) is 4.79 Å². The van der Waals surface area contributed by atoms with Crippen molar-refractivity contribution < 1.29 is 18.0 Å². The van der Waals surface area contributed by atoms with Gasteiger partial charge >= 0.3 is 6.18 Å². The van der Waals surface area contributed by atoms with Gasteiger partial charge in [-0.1, -0.05) is 23.5 Å². The second-order valence-electron chi connectivity index (χ2n) is 4.45. The summed E-state index contributed by atoms with van der Waals surface area (Å²) in [5.74, 6) is -1.86. The summed E-state index contributed by atoms with van der Waals surface area (Å²) in [4.78, 5) is 12.0. The molecule has 3 rings (SSSR count). The van der Waals surface area contributed by atoms with E-state index in [-0.39, 0.29) is 9.97 Å². The van der Waals surface area contributed by atoms with Crippen LogP contribution in [0.15, 0.2) is 24.3 Å². The molecule has 0 aliphatic carbocycles. The number of nitrogens with one attached hydrogen (secondary N) is 1. The zero-order valence-corrected chi connectivity index (χ0v) is 11.9. The number of fused-ring (bicyclic) bond motifs is 1. The maximum atomic E-state index is 12.7. The maximum Gasteiger partial charge on any atom is 0.453 e.